The molecule has 1 aliphatic rings. The maximum absolute atomic E-state index is 3.93. The molecule has 1 heterocycles. The first kappa shape index (κ1) is 13.2. The maximum Gasteiger partial charge on any atom is 0.0821 e. The van der Waals surface area contributed by atoms with E-state index >= 15 is 0 Å². The molecule has 0 amide bonds. The van der Waals surface area contributed by atoms with E-state index < -0.39 is 0 Å². The standard InChI is InChI=1S/C16H24N2/c1-4-14-10-7-8-11-15(14)18-13-9-12-16(18)17(5-2)6-3/h4,7-8,10-11,16H,1,5-6,9,12-13H2,2-3H3/t16-/m0/s1. The highest BCUT2D eigenvalue weighted by Crippen LogP contribution is 2.30. The highest BCUT2D eigenvalue weighted by Gasteiger charge is 2.29. The molecular formula is C16H24N2. The van der Waals surface area contributed by atoms with E-state index in [1.807, 2.05) is 6.08 Å². The van der Waals surface area contributed by atoms with E-state index in [0.717, 1.165) is 19.6 Å². The van der Waals surface area contributed by atoms with Gasteiger partial charge in [-0.2, -0.15) is 0 Å². The highest BCUT2D eigenvalue weighted by molar-refractivity contribution is 5.67. The van der Waals surface area contributed by atoms with Crippen LogP contribution < -0.4 is 4.90 Å². The fraction of sp³-hybridized carbons (Fsp3) is 0.500. The van der Waals surface area contributed by atoms with Crippen LogP contribution in [0.5, 0.6) is 0 Å². The monoisotopic (exact) mass is 244 g/mol. The van der Waals surface area contributed by atoms with Gasteiger partial charge in [0.25, 0.3) is 0 Å². The van der Waals surface area contributed by atoms with Crippen molar-refractivity contribution in [2.45, 2.75) is 32.9 Å². The minimum Gasteiger partial charge on any atom is -0.355 e. The zero-order valence-corrected chi connectivity index (χ0v) is 11.6. The lowest BCUT2D eigenvalue weighted by Crippen LogP contribution is -2.44. The van der Waals surface area contributed by atoms with Crippen LogP contribution in [-0.4, -0.2) is 30.7 Å². The van der Waals surface area contributed by atoms with Crippen molar-refractivity contribution in [3.63, 3.8) is 0 Å². The predicted octanol–water partition coefficient (Wildman–Crippen LogP) is 3.60. The molecule has 0 spiro atoms. The van der Waals surface area contributed by atoms with Crippen molar-refractivity contribution in [2.75, 3.05) is 24.5 Å². The molecule has 0 saturated carbocycles. The molecule has 1 fully saturated rings. The number of nitrogens with zero attached hydrogens (tertiary/aromatic N) is 2. The van der Waals surface area contributed by atoms with Crippen molar-refractivity contribution in [1.82, 2.24) is 4.90 Å². The van der Waals surface area contributed by atoms with Gasteiger partial charge in [-0.3, -0.25) is 4.90 Å². The Morgan fingerprint density at radius 3 is 2.72 bits per heavy atom. The Morgan fingerprint density at radius 1 is 1.33 bits per heavy atom. The van der Waals surface area contributed by atoms with Crippen LogP contribution in [-0.2, 0) is 0 Å². The van der Waals surface area contributed by atoms with E-state index in [4.69, 9.17) is 0 Å². The van der Waals surface area contributed by atoms with E-state index in [0.29, 0.717) is 6.17 Å². The van der Waals surface area contributed by atoms with Crippen molar-refractivity contribution >= 4 is 11.8 Å². The number of para-hydroxylation sites is 1. The van der Waals surface area contributed by atoms with Gasteiger partial charge < -0.3 is 4.90 Å². The SMILES string of the molecule is C=Cc1ccccc1N1CCC[C@H]1N(CC)CC. The van der Waals surface area contributed by atoms with Gasteiger partial charge in [-0.1, -0.05) is 44.7 Å². The summed E-state index contributed by atoms with van der Waals surface area (Å²) in [6.07, 6.45) is 5.08. The predicted molar refractivity (Wildman–Crippen MR) is 79.8 cm³/mol. The van der Waals surface area contributed by atoms with Crippen LogP contribution in [0.1, 0.15) is 32.3 Å². The van der Waals surface area contributed by atoms with Gasteiger partial charge in [-0.15, -0.1) is 0 Å². The third kappa shape index (κ3) is 2.44. The molecule has 98 valence electrons. The molecule has 2 rings (SSSR count). The van der Waals surface area contributed by atoms with Crippen molar-refractivity contribution in [2.24, 2.45) is 0 Å². The summed E-state index contributed by atoms with van der Waals surface area (Å²) in [5.41, 5.74) is 2.58. The Balaban J connectivity index is 2.28. The lowest BCUT2D eigenvalue weighted by molar-refractivity contribution is 0.222. The van der Waals surface area contributed by atoms with Crippen LogP contribution in [0, 0.1) is 0 Å². The molecule has 1 aromatic rings. The fourth-order valence-corrected chi connectivity index (χ4v) is 2.98. The van der Waals surface area contributed by atoms with Gasteiger partial charge in [0, 0.05) is 12.2 Å². The van der Waals surface area contributed by atoms with Gasteiger partial charge >= 0.3 is 0 Å². The second kappa shape index (κ2) is 6.05. The van der Waals surface area contributed by atoms with Crippen LogP contribution in [0.4, 0.5) is 5.69 Å². The Kier molecular flexibility index (Phi) is 4.43. The summed E-state index contributed by atoms with van der Waals surface area (Å²) in [4.78, 5) is 5.09. The molecule has 0 N–H and O–H groups in total. The van der Waals surface area contributed by atoms with Gasteiger partial charge in [0.15, 0.2) is 0 Å². The van der Waals surface area contributed by atoms with Crippen LogP contribution in [0.2, 0.25) is 0 Å². The first-order valence-electron chi connectivity index (χ1n) is 7.04. The van der Waals surface area contributed by atoms with Crippen LogP contribution in [0.15, 0.2) is 30.8 Å². The molecule has 0 bridgehead atoms. The summed E-state index contributed by atoms with van der Waals surface area (Å²) in [6, 6.07) is 8.59. The number of rotatable bonds is 5. The molecule has 0 radical (unpaired) electrons. The summed E-state index contributed by atoms with van der Waals surface area (Å²) in [5.74, 6) is 0. The average Bonchev–Trinajstić information content (AvgIpc) is 2.89. The molecule has 1 atom stereocenters. The second-order valence-corrected chi connectivity index (χ2v) is 4.80. The number of hydrogen-bond acceptors (Lipinski definition) is 2. The zero-order valence-electron chi connectivity index (χ0n) is 11.6. The van der Waals surface area contributed by atoms with Gasteiger partial charge in [-0.25, -0.2) is 0 Å². The van der Waals surface area contributed by atoms with Crippen LogP contribution >= 0.6 is 0 Å². The quantitative estimate of drug-likeness (QED) is 0.781. The highest BCUT2D eigenvalue weighted by atomic mass is 15.4. The van der Waals surface area contributed by atoms with Crippen molar-refractivity contribution < 1.29 is 0 Å². The first-order chi connectivity index (χ1) is 8.81. The molecule has 1 saturated heterocycles. The molecule has 0 aromatic heterocycles. The lowest BCUT2D eigenvalue weighted by atomic mass is 10.1. The minimum absolute atomic E-state index is 0.557. The van der Waals surface area contributed by atoms with E-state index in [1.54, 1.807) is 0 Å². The molecule has 1 aliphatic heterocycles. The molecular weight excluding hydrogens is 220 g/mol. The maximum atomic E-state index is 3.93. The van der Waals surface area contributed by atoms with Crippen LogP contribution in [0.3, 0.4) is 0 Å². The molecule has 18 heavy (non-hydrogen) atoms. The van der Waals surface area contributed by atoms with E-state index in [1.165, 1.54) is 24.1 Å². The third-order valence-corrected chi connectivity index (χ3v) is 3.92. The summed E-state index contributed by atoms with van der Waals surface area (Å²) < 4.78 is 0. The first-order valence-corrected chi connectivity index (χ1v) is 7.04. The van der Waals surface area contributed by atoms with Crippen LogP contribution in [0.25, 0.3) is 6.08 Å². The van der Waals surface area contributed by atoms with Crippen molar-refractivity contribution in [1.29, 1.82) is 0 Å². The molecule has 1 aromatic carbocycles. The second-order valence-electron chi connectivity index (χ2n) is 4.80. The summed E-state index contributed by atoms with van der Waals surface area (Å²) in [5, 5.41) is 0. The zero-order chi connectivity index (χ0) is 13.0. The van der Waals surface area contributed by atoms with Crippen molar-refractivity contribution in [3.8, 4) is 0 Å². The molecule has 2 heteroatoms. The summed E-state index contributed by atoms with van der Waals surface area (Å²) in [6.45, 7) is 11.8. The Bertz CT molecular complexity index is 396. The van der Waals surface area contributed by atoms with Gasteiger partial charge in [0.05, 0.1) is 6.17 Å². The van der Waals surface area contributed by atoms with Gasteiger partial charge in [-0.05, 0) is 37.6 Å². The Hall–Kier alpha value is -1.28. The van der Waals surface area contributed by atoms with Crippen molar-refractivity contribution in [3.05, 3.63) is 36.4 Å². The molecule has 2 nitrogen and oxygen atoms in total. The fourth-order valence-electron chi connectivity index (χ4n) is 2.98. The Morgan fingerprint density at radius 2 is 2.06 bits per heavy atom. The molecule has 0 aliphatic carbocycles. The largest absolute Gasteiger partial charge is 0.355 e. The number of hydrogen-bond donors (Lipinski definition) is 0. The topological polar surface area (TPSA) is 6.48 Å². The normalized spacial score (nSPS) is 19.5. The number of benzene rings is 1. The smallest absolute Gasteiger partial charge is 0.0821 e. The molecule has 0 unspecified atom stereocenters. The summed E-state index contributed by atoms with van der Waals surface area (Å²) >= 11 is 0. The number of anilines is 1. The van der Waals surface area contributed by atoms with Gasteiger partial charge in [0.1, 0.15) is 0 Å². The van der Waals surface area contributed by atoms with Gasteiger partial charge in [0.2, 0.25) is 0 Å². The lowest BCUT2D eigenvalue weighted by Gasteiger charge is -2.36. The average molecular weight is 244 g/mol. The summed E-state index contributed by atoms with van der Waals surface area (Å²) in [7, 11) is 0. The minimum atomic E-state index is 0.557. The third-order valence-electron chi connectivity index (χ3n) is 3.92. The Labute approximate surface area is 111 Å². The van der Waals surface area contributed by atoms with E-state index in [9.17, 15) is 0 Å². The van der Waals surface area contributed by atoms with E-state index in [2.05, 4.69) is 54.5 Å². The van der Waals surface area contributed by atoms with E-state index in [-0.39, 0.29) is 0 Å².